The van der Waals surface area contributed by atoms with E-state index in [1.54, 1.807) is 4.52 Å². The molecule has 1 unspecified atom stereocenters. The average molecular weight is 582 g/mol. The van der Waals surface area contributed by atoms with Crippen molar-refractivity contribution >= 4 is 23.1 Å². The van der Waals surface area contributed by atoms with Gasteiger partial charge in [-0.1, -0.05) is 92.1 Å². The normalized spacial score (nSPS) is 13.3. The molecule has 0 radical (unpaired) electrons. The van der Waals surface area contributed by atoms with Crippen molar-refractivity contribution in [3.05, 3.63) is 57.4 Å². The van der Waals surface area contributed by atoms with Crippen LogP contribution in [0.5, 0.6) is 0 Å². The first kappa shape index (κ1) is 31.1. The molecule has 9 heteroatoms. The topological polar surface area (TPSA) is 85.1 Å². The van der Waals surface area contributed by atoms with Gasteiger partial charge >= 0.3 is 0 Å². The van der Waals surface area contributed by atoms with E-state index in [4.69, 9.17) is 21.4 Å². The summed E-state index contributed by atoms with van der Waals surface area (Å²) in [6, 6.07) is 9.08. The van der Waals surface area contributed by atoms with Crippen LogP contribution >= 0.6 is 11.6 Å². The summed E-state index contributed by atoms with van der Waals surface area (Å²) in [5, 5.41) is 20.7. The lowest BCUT2D eigenvalue weighted by Gasteiger charge is -2.31. The first-order valence-electron chi connectivity index (χ1n) is 15.2. The Morgan fingerprint density at radius 2 is 1.71 bits per heavy atom. The molecule has 0 aliphatic carbocycles. The maximum Gasteiger partial charge on any atom is 0.271 e. The fourth-order valence-corrected chi connectivity index (χ4v) is 5.24. The minimum atomic E-state index is 0.00792. The van der Waals surface area contributed by atoms with E-state index in [-0.39, 0.29) is 16.9 Å². The molecule has 0 aliphatic rings. The van der Waals surface area contributed by atoms with Gasteiger partial charge in [-0.25, -0.2) is 4.68 Å². The van der Waals surface area contributed by atoms with Gasteiger partial charge in [0.2, 0.25) is 0 Å². The highest BCUT2D eigenvalue weighted by molar-refractivity contribution is 6.36. The summed E-state index contributed by atoms with van der Waals surface area (Å²) < 4.78 is 10.1. The van der Waals surface area contributed by atoms with Crippen LogP contribution in [0, 0.1) is 0 Å². The number of aromatic amines is 1. The van der Waals surface area contributed by atoms with Crippen molar-refractivity contribution in [3.63, 3.8) is 0 Å². The Morgan fingerprint density at radius 3 is 2.34 bits per heavy atom. The molecule has 0 amide bonds. The van der Waals surface area contributed by atoms with E-state index < -0.39 is 0 Å². The molecule has 4 aromatic rings. The van der Waals surface area contributed by atoms with Crippen LogP contribution < -0.4 is 5.32 Å². The zero-order chi connectivity index (χ0) is 29.9. The number of aromatic nitrogens is 6. The van der Waals surface area contributed by atoms with Crippen LogP contribution in [0.15, 0.2) is 24.3 Å². The largest absolute Gasteiger partial charge is 0.372 e. The number of halogens is 1. The molecule has 8 nitrogen and oxygen atoms in total. The summed E-state index contributed by atoms with van der Waals surface area (Å²) in [6.45, 7) is 21.4. The third-order valence-electron chi connectivity index (χ3n) is 8.86. The number of anilines is 1. The van der Waals surface area contributed by atoms with E-state index in [1.807, 2.05) is 4.68 Å². The highest BCUT2D eigenvalue weighted by atomic mass is 35.5. The molecule has 0 saturated carbocycles. The van der Waals surface area contributed by atoms with Gasteiger partial charge in [0.1, 0.15) is 10.8 Å². The lowest BCUT2D eigenvalue weighted by Crippen LogP contribution is -2.25. The van der Waals surface area contributed by atoms with Crippen LogP contribution in [0.25, 0.3) is 11.6 Å². The SMILES string of the molecule is CCc1cc(CC)n(-c2nnc3c(Cl)c(NCC(CC)OCc4ccc(C(C)(C)CC)cc4C(C)(C)CC)[nH]n23)n1. The molecule has 0 spiro atoms. The molecule has 2 N–H and O–H groups in total. The van der Waals surface area contributed by atoms with E-state index in [0.29, 0.717) is 35.6 Å². The summed E-state index contributed by atoms with van der Waals surface area (Å²) in [7, 11) is 0. The number of aryl methyl sites for hydroxylation is 2. The summed E-state index contributed by atoms with van der Waals surface area (Å²) in [5.41, 5.74) is 6.91. The van der Waals surface area contributed by atoms with Crippen molar-refractivity contribution in [2.45, 2.75) is 118 Å². The summed E-state index contributed by atoms with van der Waals surface area (Å²) in [4.78, 5) is 0. The molecule has 3 heterocycles. The van der Waals surface area contributed by atoms with Gasteiger partial charge < -0.3 is 10.1 Å². The zero-order valence-corrected chi connectivity index (χ0v) is 27.1. The van der Waals surface area contributed by atoms with Gasteiger partial charge in [-0.3, -0.25) is 5.10 Å². The van der Waals surface area contributed by atoms with E-state index in [0.717, 1.165) is 43.5 Å². The van der Waals surface area contributed by atoms with E-state index >= 15 is 0 Å². The maximum atomic E-state index is 6.73. The highest BCUT2D eigenvalue weighted by Gasteiger charge is 2.26. The fraction of sp³-hybridized carbons (Fsp3) is 0.594. The number of hydrogen-bond acceptors (Lipinski definition) is 5. The molecule has 0 bridgehead atoms. The van der Waals surface area contributed by atoms with E-state index in [9.17, 15) is 0 Å². The molecule has 1 atom stereocenters. The number of nitrogens with zero attached hydrogens (tertiary/aromatic N) is 5. The Kier molecular flexibility index (Phi) is 9.54. The number of nitrogens with one attached hydrogen (secondary N) is 2. The number of ether oxygens (including phenoxy) is 1. The Morgan fingerprint density at radius 1 is 0.976 bits per heavy atom. The fourth-order valence-electron chi connectivity index (χ4n) is 5.01. The second kappa shape index (κ2) is 12.6. The van der Waals surface area contributed by atoms with Crippen molar-refractivity contribution in [1.82, 2.24) is 29.6 Å². The standard InChI is InChI=1S/C32H48ClN7O/c1-10-23-18-24(11-2)39(37-23)30-36-35-29-27(33)28(38-40(29)30)34-19-25(12-3)41-20-21-15-16-22(31(6,7)13-4)17-26(21)32(8,9)14-5/h15-18,25,34,38H,10-14,19-20H2,1-9H3. The second-order valence-electron chi connectivity index (χ2n) is 12.3. The number of rotatable bonds is 14. The Balaban J connectivity index is 1.50. The van der Waals surface area contributed by atoms with Crippen LogP contribution in [0.4, 0.5) is 5.82 Å². The first-order valence-corrected chi connectivity index (χ1v) is 15.6. The van der Waals surface area contributed by atoms with Gasteiger partial charge in [-0.15, -0.1) is 10.2 Å². The number of benzene rings is 1. The van der Waals surface area contributed by atoms with Crippen LogP contribution in [0.1, 0.15) is 110 Å². The van der Waals surface area contributed by atoms with Gasteiger partial charge in [0.25, 0.3) is 5.95 Å². The molecule has 0 aliphatic heterocycles. The van der Waals surface area contributed by atoms with Crippen molar-refractivity contribution in [2.75, 3.05) is 11.9 Å². The van der Waals surface area contributed by atoms with Crippen molar-refractivity contribution in [3.8, 4) is 5.95 Å². The Labute approximate surface area is 250 Å². The molecule has 3 aromatic heterocycles. The molecular formula is C32H48ClN7O. The quantitative estimate of drug-likeness (QED) is 0.159. The lowest BCUT2D eigenvalue weighted by atomic mass is 9.75. The highest BCUT2D eigenvalue weighted by Crippen LogP contribution is 2.35. The van der Waals surface area contributed by atoms with Crippen LogP contribution in [0.3, 0.4) is 0 Å². The van der Waals surface area contributed by atoms with Crippen molar-refractivity contribution < 1.29 is 4.74 Å². The molecular weight excluding hydrogens is 534 g/mol. The minimum absolute atomic E-state index is 0.00792. The third-order valence-corrected chi connectivity index (χ3v) is 9.22. The van der Waals surface area contributed by atoms with Gasteiger partial charge in [0.15, 0.2) is 5.65 Å². The second-order valence-corrected chi connectivity index (χ2v) is 12.7. The monoisotopic (exact) mass is 581 g/mol. The van der Waals surface area contributed by atoms with Gasteiger partial charge in [-0.2, -0.15) is 9.61 Å². The number of H-pyrrole nitrogens is 1. The van der Waals surface area contributed by atoms with Crippen LogP contribution in [0.2, 0.25) is 5.02 Å². The van der Waals surface area contributed by atoms with Crippen LogP contribution in [-0.2, 0) is 35.0 Å². The Bertz CT molecular complexity index is 1460. The number of fused-ring (bicyclic) bond motifs is 1. The molecule has 41 heavy (non-hydrogen) atoms. The smallest absolute Gasteiger partial charge is 0.271 e. The summed E-state index contributed by atoms with van der Waals surface area (Å²) in [6.07, 6.45) is 4.74. The summed E-state index contributed by atoms with van der Waals surface area (Å²) in [5.74, 6) is 1.29. The molecule has 4 rings (SSSR count). The predicted octanol–water partition coefficient (Wildman–Crippen LogP) is 7.80. The summed E-state index contributed by atoms with van der Waals surface area (Å²) >= 11 is 6.73. The Hall–Kier alpha value is -2.84. The van der Waals surface area contributed by atoms with E-state index in [2.05, 4.69) is 107 Å². The molecule has 224 valence electrons. The lowest BCUT2D eigenvalue weighted by molar-refractivity contribution is 0.0459. The van der Waals surface area contributed by atoms with E-state index in [1.165, 1.54) is 16.7 Å². The first-order chi connectivity index (χ1) is 19.5. The molecule has 0 fully saturated rings. The third kappa shape index (κ3) is 6.33. The van der Waals surface area contributed by atoms with Gasteiger partial charge in [0, 0.05) is 12.2 Å². The minimum Gasteiger partial charge on any atom is -0.372 e. The average Bonchev–Trinajstić information content (AvgIpc) is 3.67. The maximum absolute atomic E-state index is 6.73. The van der Waals surface area contributed by atoms with Crippen LogP contribution in [-0.4, -0.2) is 42.2 Å². The number of hydrogen-bond donors (Lipinski definition) is 2. The zero-order valence-electron chi connectivity index (χ0n) is 26.4. The molecule has 1 aromatic carbocycles. The van der Waals surface area contributed by atoms with Gasteiger partial charge in [-0.05, 0) is 65.7 Å². The molecule has 0 saturated heterocycles. The van der Waals surface area contributed by atoms with Gasteiger partial charge in [0.05, 0.1) is 18.4 Å². The van der Waals surface area contributed by atoms with Crippen molar-refractivity contribution in [1.29, 1.82) is 0 Å². The predicted molar refractivity (Wildman–Crippen MR) is 169 cm³/mol. The van der Waals surface area contributed by atoms with Crippen molar-refractivity contribution in [2.24, 2.45) is 0 Å².